The molecule has 0 aliphatic carbocycles. The van der Waals surface area contributed by atoms with E-state index in [0.717, 1.165) is 30.3 Å². The first kappa shape index (κ1) is 13.2. The molecule has 1 saturated heterocycles. The molecule has 0 spiro atoms. The van der Waals surface area contributed by atoms with Crippen LogP contribution >= 0.6 is 0 Å². The fourth-order valence-corrected chi connectivity index (χ4v) is 2.70. The lowest BCUT2D eigenvalue weighted by molar-refractivity contribution is 0.246. The van der Waals surface area contributed by atoms with E-state index in [4.69, 9.17) is 4.52 Å². The lowest BCUT2D eigenvalue weighted by atomic mass is 9.90. The number of pyridine rings is 1. The van der Waals surface area contributed by atoms with Crippen molar-refractivity contribution in [3.05, 3.63) is 29.8 Å². The Morgan fingerprint density at radius 1 is 1.35 bits per heavy atom. The standard InChI is InChI=1S/C15H20N4O/c1-3-11-7-8-16-13(9-11)15-18-14(19-20-15)12-6-4-5-10(2)17-12/h4-6,11,13,16H,3,7-9H2,1-2H3. The highest BCUT2D eigenvalue weighted by molar-refractivity contribution is 5.48. The van der Waals surface area contributed by atoms with E-state index in [1.54, 1.807) is 0 Å². The summed E-state index contributed by atoms with van der Waals surface area (Å²) in [5.74, 6) is 2.00. The zero-order valence-corrected chi connectivity index (χ0v) is 12.0. The minimum atomic E-state index is 0.180. The number of aryl methyl sites for hydroxylation is 1. The van der Waals surface area contributed by atoms with Gasteiger partial charge in [0.15, 0.2) is 0 Å². The van der Waals surface area contributed by atoms with Gasteiger partial charge in [-0.15, -0.1) is 0 Å². The zero-order chi connectivity index (χ0) is 13.9. The van der Waals surface area contributed by atoms with Gasteiger partial charge in [-0.3, -0.25) is 0 Å². The third-order valence-electron chi connectivity index (χ3n) is 3.95. The highest BCUT2D eigenvalue weighted by atomic mass is 16.5. The minimum absolute atomic E-state index is 0.180. The van der Waals surface area contributed by atoms with Gasteiger partial charge in [0.05, 0.1) is 6.04 Å². The minimum Gasteiger partial charge on any atom is -0.337 e. The van der Waals surface area contributed by atoms with Gasteiger partial charge in [-0.1, -0.05) is 24.6 Å². The van der Waals surface area contributed by atoms with Crippen LogP contribution in [0.5, 0.6) is 0 Å². The summed E-state index contributed by atoms with van der Waals surface area (Å²) in [7, 11) is 0. The van der Waals surface area contributed by atoms with Crippen molar-refractivity contribution >= 4 is 0 Å². The van der Waals surface area contributed by atoms with E-state index < -0.39 is 0 Å². The maximum absolute atomic E-state index is 5.43. The predicted octanol–water partition coefficient (Wildman–Crippen LogP) is 2.89. The second-order valence-corrected chi connectivity index (χ2v) is 5.43. The van der Waals surface area contributed by atoms with E-state index in [1.807, 2.05) is 25.1 Å². The third-order valence-corrected chi connectivity index (χ3v) is 3.95. The smallest absolute Gasteiger partial charge is 0.244 e. The molecule has 0 aromatic carbocycles. The Morgan fingerprint density at radius 2 is 2.25 bits per heavy atom. The fourth-order valence-electron chi connectivity index (χ4n) is 2.70. The molecule has 5 nitrogen and oxygen atoms in total. The van der Waals surface area contributed by atoms with Crippen LogP contribution in [0.1, 0.15) is 43.8 Å². The number of aromatic nitrogens is 3. The molecule has 1 fully saturated rings. The SMILES string of the molecule is CCC1CCNC(c2nc(-c3cccc(C)n3)no2)C1. The van der Waals surface area contributed by atoms with Crippen molar-refractivity contribution in [3.8, 4) is 11.5 Å². The summed E-state index contributed by atoms with van der Waals surface area (Å²) in [6.07, 6.45) is 3.51. The molecule has 2 aromatic rings. The van der Waals surface area contributed by atoms with Crippen LogP contribution < -0.4 is 5.32 Å². The van der Waals surface area contributed by atoms with Gasteiger partial charge in [0.2, 0.25) is 11.7 Å². The van der Waals surface area contributed by atoms with E-state index in [-0.39, 0.29) is 6.04 Å². The molecule has 1 N–H and O–H groups in total. The average Bonchev–Trinajstić information content (AvgIpc) is 2.97. The molecule has 1 aliphatic heterocycles. The maximum Gasteiger partial charge on any atom is 0.244 e. The van der Waals surface area contributed by atoms with Gasteiger partial charge in [-0.2, -0.15) is 4.98 Å². The van der Waals surface area contributed by atoms with Crippen LogP contribution in [0.2, 0.25) is 0 Å². The van der Waals surface area contributed by atoms with Crippen molar-refractivity contribution in [2.45, 2.75) is 39.2 Å². The van der Waals surface area contributed by atoms with Gasteiger partial charge in [0, 0.05) is 5.69 Å². The van der Waals surface area contributed by atoms with E-state index in [9.17, 15) is 0 Å². The van der Waals surface area contributed by atoms with E-state index >= 15 is 0 Å². The largest absolute Gasteiger partial charge is 0.337 e. The van der Waals surface area contributed by atoms with Crippen LogP contribution in [0.25, 0.3) is 11.5 Å². The predicted molar refractivity (Wildman–Crippen MR) is 76.0 cm³/mol. The first-order valence-electron chi connectivity index (χ1n) is 7.27. The van der Waals surface area contributed by atoms with Crippen LogP contribution in [-0.2, 0) is 0 Å². The Labute approximate surface area is 118 Å². The topological polar surface area (TPSA) is 63.8 Å². The Kier molecular flexibility index (Phi) is 3.78. The number of piperidine rings is 1. The normalized spacial score (nSPS) is 22.9. The van der Waals surface area contributed by atoms with Gasteiger partial charge < -0.3 is 9.84 Å². The van der Waals surface area contributed by atoms with Gasteiger partial charge in [-0.05, 0) is 44.4 Å². The molecule has 106 valence electrons. The van der Waals surface area contributed by atoms with Crippen molar-refractivity contribution in [2.24, 2.45) is 5.92 Å². The van der Waals surface area contributed by atoms with Crippen LogP contribution in [0.15, 0.2) is 22.7 Å². The molecule has 0 bridgehead atoms. The number of nitrogens with one attached hydrogen (secondary N) is 1. The van der Waals surface area contributed by atoms with Crippen LogP contribution in [-0.4, -0.2) is 21.7 Å². The Balaban J connectivity index is 1.80. The second kappa shape index (κ2) is 5.71. The summed E-state index contributed by atoms with van der Waals surface area (Å²) < 4.78 is 5.43. The Hall–Kier alpha value is -1.75. The number of nitrogens with zero attached hydrogens (tertiary/aromatic N) is 3. The molecule has 0 radical (unpaired) electrons. The Morgan fingerprint density at radius 3 is 3.05 bits per heavy atom. The van der Waals surface area contributed by atoms with Gasteiger partial charge >= 0.3 is 0 Å². The zero-order valence-electron chi connectivity index (χ0n) is 12.0. The molecule has 3 rings (SSSR count). The van der Waals surface area contributed by atoms with Crippen molar-refractivity contribution < 1.29 is 4.52 Å². The van der Waals surface area contributed by atoms with Crippen molar-refractivity contribution in [2.75, 3.05) is 6.54 Å². The lowest BCUT2D eigenvalue weighted by Crippen LogP contribution is -2.31. The first-order chi connectivity index (χ1) is 9.76. The number of hydrogen-bond acceptors (Lipinski definition) is 5. The summed E-state index contributed by atoms with van der Waals surface area (Å²) in [4.78, 5) is 8.94. The van der Waals surface area contributed by atoms with Crippen molar-refractivity contribution in [3.63, 3.8) is 0 Å². The Bertz CT molecular complexity index is 581. The average molecular weight is 272 g/mol. The molecule has 3 heterocycles. The summed E-state index contributed by atoms with van der Waals surface area (Å²) in [6, 6.07) is 6.00. The molecule has 5 heteroatoms. The first-order valence-corrected chi connectivity index (χ1v) is 7.27. The molecular formula is C15H20N4O. The number of rotatable bonds is 3. The summed E-state index contributed by atoms with van der Waals surface area (Å²) in [5, 5.41) is 7.52. The molecule has 0 saturated carbocycles. The molecule has 0 amide bonds. The molecule has 2 atom stereocenters. The van der Waals surface area contributed by atoms with E-state index in [2.05, 4.69) is 27.4 Å². The third kappa shape index (κ3) is 2.72. The summed E-state index contributed by atoms with van der Waals surface area (Å²) in [5.41, 5.74) is 1.72. The maximum atomic E-state index is 5.43. The van der Waals surface area contributed by atoms with E-state index in [0.29, 0.717) is 11.7 Å². The summed E-state index contributed by atoms with van der Waals surface area (Å²) >= 11 is 0. The highest BCUT2D eigenvalue weighted by Gasteiger charge is 2.26. The lowest BCUT2D eigenvalue weighted by Gasteiger charge is -2.27. The molecule has 2 unspecified atom stereocenters. The fraction of sp³-hybridized carbons (Fsp3) is 0.533. The molecule has 2 aromatic heterocycles. The van der Waals surface area contributed by atoms with Gasteiger partial charge in [0.1, 0.15) is 5.69 Å². The highest BCUT2D eigenvalue weighted by Crippen LogP contribution is 2.29. The quantitative estimate of drug-likeness (QED) is 0.930. The second-order valence-electron chi connectivity index (χ2n) is 5.43. The van der Waals surface area contributed by atoms with Crippen LogP contribution in [0.4, 0.5) is 0 Å². The molecule has 20 heavy (non-hydrogen) atoms. The number of hydrogen-bond donors (Lipinski definition) is 1. The molecular weight excluding hydrogens is 252 g/mol. The summed E-state index contributed by atoms with van der Waals surface area (Å²) in [6.45, 7) is 5.21. The van der Waals surface area contributed by atoms with Gasteiger partial charge in [0.25, 0.3) is 0 Å². The monoisotopic (exact) mass is 272 g/mol. The van der Waals surface area contributed by atoms with Crippen LogP contribution in [0, 0.1) is 12.8 Å². The van der Waals surface area contributed by atoms with Crippen molar-refractivity contribution in [1.29, 1.82) is 0 Å². The van der Waals surface area contributed by atoms with Crippen molar-refractivity contribution in [1.82, 2.24) is 20.4 Å². The van der Waals surface area contributed by atoms with Crippen LogP contribution in [0.3, 0.4) is 0 Å². The molecule has 1 aliphatic rings. The van der Waals surface area contributed by atoms with Gasteiger partial charge in [-0.25, -0.2) is 4.98 Å². The van der Waals surface area contributed by atoms with E-state index in [1.165, 1.54) is 12.8 Å².